The lowest BCUT2D eigenvalue weighted by Crippen LogP contribution is -2.53. The molecule has 2 fully saturated rings. The topological polar surface area (TPSA) is 38.8 Å². The number of piperazine rings is 1. The van der Waals surface area contributed by atoms with Gasteiger partial charge in [0, 0.05) is 56.6 Å². The number of rotatable bonds is 6. The summed E-state index contributed by atoms with van der Waals surface area (Å²) in [7, 11) is 0. The minimum absolute atomic E-state index is 0.00778. The number of hydrogen-bond acceptors (Lipinski definition) is 4. The van der Waals surface area contributed by atoms with Gasteiger partial charge in [0.15, 0.2) is 0 Å². The van der Waals surface area contributed by atoms with E-state index in [0.29, 0.717) is 0 Å². The van der Waals surface area contributed by atoms with E-state index in [-0.39, 0.29) is 11.9 Å². The second-order valence-corrected chi connectivity index (χ2v) is 8.84. The van der Waals surface area contributed by atoms with E-state index in [1.165, 1.54) is 51.3 Å². The Bertz CT molecular complexity index is 822. The zero-order valence-electron chi connectivity index (χ0n) is 19.0. The standard InChI is InChI=1S/C26H36N4O/c1-3-28-17-19-30(20-18-28)25-13-15-29(16-14-25)24-11-9-23(10-12-24)26(31)27-21(2)22-7-5-4-6-8-22/h4-12,21,25H,3,13-20H2,1-2H3,(H,27,31)/t21-/m1/s1. The number of amides is 1. The van der Waals surface area contributed by atoms with E-state index in [4.69, 9.17) is 0 Å². The molecule has 5 nitrogen and oxygen atoms in total. The van der Waals surface area contributed by atoms with Crippen LogP contribution in [0.2, 0.25) is 0 Å². The van der Waals surface area contributed by atoms with Gasteiger partial charge in [-0.1, -0.05) is 37.3 Å². The molecule has 1 atom stereocenters. The summed E-state index contributed by atoms with van der Waals surface area (Å²) in [4.78, 5) is 20.4. The Kier molecular flexibility index (Phi) is 7.25. The minimum atomic E-state index is -0.0205. The summed E-state index contributed by atoms with van der Waals surface area (Å²) in [6.45, 7) is 12.5. The summed E-state index contributed by atoms with van der Waals surface area (Å²) in [6, 6.07) is 18.9. The first kappa shape index (κ1) is 21.8. The van der Waals surface area contributed by atoms with Crippen LogP contribution >= 0.6 is 0 Å². The number of anilines is 1. The van der Waals surface area contributed by atoms with Gasteiger partial charge in [0.2, 0.25) is 0 Å². The lowest BCUT2D eigenvalue weighted by atomic mass is 10.0. The number of benzene rings is 2. The molecule has 31 heavy (non-hydrogen) atoms. The van der Waals surface area contributed by atoms with Crippen molar-refractivity contribution in [1.29, 1.82) is 0 Å². The van der Waals surface area contributed by atoms with Crippen LogP contribution in [0.3, 0.4) is 0 Å². The van der Waals surface area contributed by atoms with E-state index in [0.717, 1.165) is 30.3 Å². The van der Waals surface area contributed by atoms with Gasteiger partial charge in [0.1, 0.15) is 0 Å². The van der Waals surface area contributed by atoms with Gasteiger partial charge in [-0.05, 0) is 56.1 Å². The van der Waals surface area contributed by atoms with Crippen molar-refractivity contribution in [2.24, 2.45) is 0 Å². The molecule has 0 bridgehead atoms. The first-order valence-electron chi connectivity index (χ1n) is 11.8. The molecule has 0 unspecified atom stereocenters. The van der Waals surface area contributed by atoms with Crippen LogP contribution in [0.1, 0.15) is 48.7 Å². The third-order valence-corrected chi connectivity index (χ3v) is 6.98. The average molecular weight is 421 g/mol. The molecule has 0 radical (unpaired) electrons. The monoisotopic (exact) mass is 420 g/mol. The van der Waals surface area contributed by atoms with E-state index in [2.05, 4.69) is 39.1 Å². The molecule has 1 N–H and O–H groups in total. The number of nitrogens with one attached hydrogen (secondary N) is 1. The molecule has 2 aliphatic rings. The number of carbonyl (C=O) groups excluding carboxylic acids is 1. The fourth-order valence-electron chi connectivity index (χ4n) is 4.86. The van der Waals surface area contributed by atoms with Crippen LogP contribution in [-0.2, 0) is 0 Å². The third kappa shape index (κ3) is 5.46. The number of likely N-dealkylation sites (N-methyl/N-ethyl adjacent to an activating group) is 1. The normalized spacial score (nSPS) is 19.9. The summed E-state index contributed by atoms with van der Waals surface area (Å²) in [5, 5.41) is 3.10. The average Bonchev–Trinajstić information content (AvgIpc) is 2.85. The summed E-state index contributed by atoms with van der Waals surface area (Å²) in [5.41, 5.74) is 3.06. The van der Waals surface area contributed by atoms with Crippen molar-refractivity contribution in [3.05, 3.63) is 65.7 Å². The maximum absolute atomic E-state index is 12.6. The van der Waals surface area contributed by atoms with Gasteiger partial charge in [-0.15, -0.1) is 0 Å². The van der Waals surface area contributed by atoms with E-state index in [9.17, 15) is 4.79 Å². The Morgan fingerprint density at radius 3 is 2.19 bits per heavy atom. The Balaban J connectivity index is 1.27. The summed E-state index contributed by atoms with van der Waals surface area (Å²) in [6.07, 6.45) is 2.45. The highest BCUT2D eigenvalue weighted by molar-refractivity contribution is 5.94. The summed E-state index contributed by atoms with van der Waals surface area (Å²) < 4.78 is 0. The van der Waals surface area contributed by atoms with Crippen LogP contribution in [-0.4, -0.2) is 67.6 Å². The van der Waals surface area contributed by atoms with Crippen molar-refractivity contribution < 1.29 is 4.79 Å². The molecule has 166 valence electrons. The van der Waals surface area contributed by atoms with Crippen LogP contribution in [0.15, 0.2) is 54.6 Å². The van der Waals surface area contributed by atoms with Crippen molar-refractivity contribution in [2.45, 2.75) is 38.8 Å². The van der Waals surface area contributed by atoms with Gasteiger partial charge in [0.05, 0.1) is 6.04 Å². The third-order valence-electron chi connectivity index (χ3n) is 6.98. The highest BCUT2D eigenvalue weighted by Crippen LogP contribution is 2.24. The van der Waals surface area contributed by atoms with Gasteiger partial charge < -0.3 is 15.1 Å². The van der Waals surface area contributed by atoms with Crippen LogP contribution in [0.25, 0.3) is 0 Å². The van der Waals surface area contributed by atoms with Gasteiger partial charge >= 0.3 is 0 Å². The van der Waals surface area contributed by atoms with Crippen molar-refractivity contribution in [3.8, 4) is 0 Å². The predicted molar refractivity (Wildman–Crippen MR) is 128 cm³/mol. The number of nitrogens with zero attached hydrogens (tertiary/aromatic N) is 3. The molecular weight excluding hydrogens is 384 g/mol. The second-order valence-electron chi connectivity index (χ2n) is 8.84. The molecule has 2 heterocycles. The van der Waals surface area contributed by atoms with Crippen molar-refractivity contribution in [1.82, 2.24) is 15.1 Å². The van der Waals surface area contributed by atoms with E-state index >= 15 is 0 Å². The smallest absolute Gasteiger partial charge is 0.251 e. The maximum atomic E-state index is 12.6. The molecule has 2 aromatic carbocycles. The highest BCUT2D eigenvalue weighted by Gasteiger charge is 2.27. The van der Waals surface area contributed by atoms with Crippen LogP contribution in [0.5, 0.6) is 0 Å². The molecule has 4 rings (SSSR count). The Hall–Kier alpha value is -2.37. The second kappa shape index (κ2) is 10.3. The number of piperidine rings is 1. The van der Waals surface area contributed by atoms with Gasteiger partial charge in [0.25, 0.3) is 5.91 Å². The predicted octanol–water partition coefficient (Wildman–Crippen LogP) is 3.78. The van der Waals surface area contributed by atoms with E-state index in [1.807, 2.05) is 49.4 Å². The highest BCUT2D eigenvalue weighted by atomic mass is 16.1. The number of carbonyl (C=O) groups is 1. The van der Waals surface area contributed by atoms with Gasteiger partial charge in [-0.3, -0.25) is 9.69 Å². The van der Waals surface area contributed by atoms with E-state index < -0.39 is 0 Å². The van der Waals surface area contributed by atoms with Gasteiger partial charge in [-0.25, -0.2) is 0 Å². The Morgan fingerprint density at radius 1 is 0.935 bits per heavy atom. The molecule has 2 saturated heterocycles. The molecule has 2 aliphatic heterocycles. The molecule has 0 aromatic heterocycles. The van der Waals surface area contributed by atoms with Crippen LogP contribution in [0, 0.1) is 0 Å². The first-order valence-corrected chi connectivity index (χ1v) is 11.8. The Labute approximate surface area is 187 Å². The largest absolute Gasteiger partial charge is 0.371 e. The fourth-order valence-corrected chi connectivity index (χ4v) is 4.86. The summed E-state index contributed by atoms with van der Waals surface area (Å²) in [5.74, 6) is -0.0205. The molecule has 0 aliphatic carbocycles. The minimum Gasteiger partial charge on any atom is -0.371 e. The zero-order chi connectivity index (χ0) is 21.6. The van der Waals surface area contributed by atoms with Crippen molar-refractivity contribution >= 4 is 11.6 Å². The molecule has 0 spiro atoms. The lowest BCUT2D eigenvalue weighted by molar-refractivity contribution is 0.0878. The molecule has 2 aromatic rings. The zero-order valence-corrected chi connectivity index (χ0v) is 19.0. The van der Waals surface area contributed by atoms with Crippen LogP contribution < -0.4 is 10.2 Å². The van der Waals surface area contributed by atoms with E-state index in [1.54, 1.807) is 0 Å². The summed E-state index contributed by atoms with van der Waals surface area (Å²) >= 11 is 0. The molecule has 5 heteroatoms. The Morgan fingerprint density at radius 2 is 1.58 bits per heavy atom. The van der Waals surface area contributed by atoms with Gasteiger partial charge in [-0.2, -0.15) is 0 Å². The fraction of sp³-hybridized carbons (Fsp3) is 0.500. The molecule has 1 amide bonds. The molecule has 0 saturated carbocycles. The molecular formula is C26H36N4O. The number of hydrogen-bond donors (Lipinski definition) is 1. The maximum Gasteiger partial charge on any atom is 0.251 e. The first-order chi connectivity index (χ1) is 15.1. The lowest BCUT2D eigenvalue weighted by Gasteiger charge is -2.43. The SMILES string of the molecule is CCN1CCN(C2CCN(c3ccc(C(=O)N[C@H](C)c4ccccc4)cc3)CC2)CC1. The quantitative estimate of drug-likeness (QED) is 0.772. The van der Waals surface area contributed by atoms with Crippen LogP contribution in [0.4, 0.5) is 5.69 Å². The van der Waals surface area contributed by atoms with Crippen molar-refractivity contribution in [2.75, 3.05) is 50.7 Å². The van der Waals surface area contributed by atoms with Crippen molar-refractivity contribution in [3.63, 3.8) is 0 Å².